The van der Waals surface area contributed by atoms with Gasteiger partial charge in [0.05, 0.1) is 4.90 Å². The highest BCUT2D eigenvalue weighted by atomic mass is 32.2. The number of halogens is 2. The van der Waals surface area contributed by atoms with Gasteiger partial charge in [0.15, 0.2) is 0 Å². The number of pyridine rings is 1. The molecule has 0 amide bonds. The summed E-state index contributed by atoms with van der Waals surface area (Å²) in [5.41, 5.74) is 0.854. The van der Waals surface area contributed by atoms with Gasteiger partial charge in [0.1, 0.15) is 35.4 Å². The smallest absolute Gasteiger partial charge is 0.262 e. The van der Waals surface area contributed by atoms with Gasteiger partial charge in [-0.2, -0.15) is 0 Å². The number of sulfonamides is 1. The lowest BCUT2D eigenvalue weighted by Crippen LogP contribution is -2.13. The molecule has 0 aliphatic carbocycles. The van der Waals surface area contributed by atoms with Crippen LogP contribution >= 0.6 is 0 Å². The van der Waals surface area contributed by atoms with Gasteiger partial charge in [0.2, 0.25) is 0 Å². The topological polar surface area (TPSA) is 109 Å². The number of hydrogen-bond donors (Lipinski definition) is 3. The normalized spacial score (nSPS) is 11.1. The molecule has 0 saturated carbocycles. The van der Waals surface area contributed by atoms with Gasteiger partial charge < -0.3 is 10.6 Å². The second-order valence-corrected chi connectivity index (χ2v) is 8.22. The van der Waals surface area contributed by atoms with Gasteiger partial charge in [-0.3, -0.25) is 4.72 Å². The number of hydrogen-bond acceptors (Lipinski definition) is 7. The van der Waals surface area contributed by atoms with E-state index >= 15 is 0 Å². The second-order valence-electron chi connectivity index (χ2n) is 6.54. The first-order chi connectivity index (χ1) is 15.4. The Hall–Kier alpha value is -4.12. The van der Waals surface area contributed by atoms with Crippen LogP contribution in [-0.4, -0.2) is 23.4 Å². The lowest BCUT2D eigenvalue weighted by atomic mass is 10.3. The molecule has 4 aromatic rings. The van der Waals surface area contributed by atoms with Crippen molar-refractivity contribution in [3.8, 4) is 0 Å². The maximum atomic E-state index is 13.3. The molecule has 0 fully saturated rings. The van der Waals surface area contributed by atoms with E-state index in [9.17, 15) is 17.2 Å². The molecule has 0 radical (unpaired) electrons. The number of anilines is 5. The summed E-state index contributed by atoms with van der Waals surface area (Å²) in [6, 6.07) is 15.5. The Morgan fingerprint density at radius 2 is 1.34 bits per heavy atom. The van der Waals surface area contributed by atoms with Crippen molar-refractivity contribution in [3.05, 3.63) is 90.9 Å². The molecule has 0 atom stereocenters. The van der Waals surface area contributed by atoms with Crippen LogP contribution in [0.2, 0.25) is 0 Å². The van der Waals surface area contributed by atoms with E-state index in [2.05, 4.69) is 30.3 Å². The Morgan fingerprint density at radius 3 is 2.00 bits per heavy atom. The second kappa shape index (κ2) is 8.94. The third-order valence-corrected chi connectivity index (χ3v) is 5.50. The van der Waals surface area contributed by atoms with Crippen molar-refractivity contribution in [1.82, 2.24) is 15.0 Å². The highest BCUT2D eigenvalue weighted by Gasteiger charge is 2.16. The molecule has 2 aromatic heterocycles. The molecular weight excluding hydrogens is 438 g/mol. The van der Waals surface area contributed by atoms with Crippen LogP contribution in [0.25, 0.3) is 0 Å². The van der Waals surface area contributed by atoms with E-state index in [4.69, 9.17) is 0 Å². The van der Waals surface area contributed by atoms with Crippen LogP contribution in [0.5, 0.6) is 0 Å². The van der Waals surface area contributed by atoms with Crippen LogP contribution in [0, 0.1) is 11.6 Å². The summed E-state index contributed by atoms with van der Waals surface area (Å²) in [6.45, 7) is 0. The van der Waals surface area contributed by atoms with E-state index in [1.54, 1.807) is 36.5 Å². The Morgan fingerprint density at radius 1 is 0.688 bits per heavy atom. The molecular formula is C21H16F2N6O2S. The van der Waals surface area contributed by atoms with E-state index in [1.165, 1.54) is 18.5 Å². The minimum atomic E-state index is -4.15. The lowest BCUT2D eigenvalue weighted by Gasteiger charge is -2.11. The molecule has 8 nitrogen and oxygen atoms in total. The highest BCUT2D eigenvalue weighted by molar-refractivity contribution is 7.92. The monoisotopic (exact) mass is 454 g/mol. The molecule has 4 rings (SSSR count). The van der Waals surface area contributed by atoms with Gasteiger partial charge in [0, 0.05) is 29.7 Å². The summed E-state index contributed by atoms with van der Waals surface area (Å²) in [5, 5.41) is 6.13. The number of benzene rings is 2. The predicted molar refractivity (Wildman–Crippen MR) is 116 cm³/mol. The average molecular weight is 454 g/mol. The molecule has 162 valence electrons. The molecule has 11 heteroatoms. The van der Waals surface area contributed by atoms with Crippen molar-refractivity contribution in [2.45, 2.75) is 4.90 Å². The summed E-state index contributed by atoms with van der Waals surface area (Å²) in [7, 11) is -4.15. The summed E-state index contributed by atoms with van der Waals surface area (Å²) in [5.74, 6) is -0.291. The quantitative estimate of drug-likeness (QED) is 0.379. The van der Waals surface area contributed by atoms with Gasteiger partial charge >= 0.3 is 0 Å². The zero-order valence-corrected chi connectivity index (χ0v) is 17.1. The fraction of sp³-hybridized carbons (Fsp3) is 0. The molecule has 32 heavy (non-hydrogen) atoms. The zero-order valence-electron chi connectivity index (χ0n) is 16.3. The number of nitrogens with zero attached hydrogens (tertiary/aromatic N) is 3. The third-order valence-electron chi connectivity index (χ3n) is 4.14. The van der Waals surface area contributed by atoms with E-state index in [1.807, 2.05) is 6.07 Å². The van der Waals surface area contributed by atoms with Crippen molar-refractivity contribution in [2.24, 2.45) is 0 Å². The van der Waals surface area contributed by atoms with Crippen molar-refractivity contribution in [1.29, 1.82) is 0 Å². The van der Waals surface area contributed by atoms with Crippen LogP contribution in [0.4, 0.5) is 37.6 Å². The Balaban J connectivity index is 1.44. The largest absolute Gasteiger partial charge is 0.340 e. The van der Waals surface area contributed by atoms with Crippen molar-refractivity contribution >= 4 is 38.9 Å². The summed E-state index contributed by atoms with van der Waals surface area (Å²) in [6.07, 6.45) is 3.04. The fourth-order valence-corrected chi connectivity index (χ4v) is 3.83. The van der Waals surface area contributed by atoms with Gasteiger partial charge in [-0.05, 0) is 48.5 Å². The van der Waals surface area contributed by atoms with Gasteiger partial charge in [-0.15, -0.1) is 0 Å². The van der Waals surface area contributed by atoms with Gasteiger partial charge in [-0.25, -0.2) is 32.2 Å². The van der Waals surface area contributed by atoms with Crippen LogP contribution in [0.15, 0.2) is 84.1 Å². The Bertz CT molecular complexity index is 1320. The number of rotatable bonds is 7. The Labute approximate surface area is 182 Å². The Kier molecular flexibility index (Phi) is 5.90. The maximum absolute atomic E-state index is 13.3. The molecule has 0 unspecified atom stereocenters. The standard InChI is InChI=1S/C21H16F2N6O2S/c22-14-9-15(23)11-18(10-14)32(30,31)29-17-6-4-16(5-7-17)27-20-12-21(26-13-25-20)28-19-3-1-2-8-24-19/h1-13,29H,(H2,24,25,26,27,28). The summed E-state index contributed by atoms with van der Waals surface area (Å²) in [4.78, 5) is 11.9. The van der Waals surface area contributed by atoms with E-state index in [0.717, 1.165) is 12.1 Å². The molecule has 0 bridgehead atoms. The van der Waals surface area contributed by atoms with Gasteiger partial charge in [-0.1, -0.05) is 6.07 Å². The van der Waals surface area contributed by atoms with Crippen LogP contribution in [0.1, 0.15) is 0 Å². The van der Waals surface area contributed by atoms with Gasteiger partial charge in [0.25, 0.3) is 10.0 Å². The average Bonchev–Trinajstić information content (AvgIpc) is 2.75. The van der Waals surface area contributed by atoms with E-state index < -0.39 is 26.6 Å². The zero-order chi connectivity index (χ0) is 22.6. The van der Waals surface area contributed by atoms with Crippen LogP contribution < -0.4 is 15.4 Å². The summed E-state index contributed by atoms with van der Waals surface area (Å²) < 4.78 is 53.7. The van der Waals surface area contributed by atoms with Crippen molar-refractivity contribution < 1.29 is 17.2 Å². The first-order valence-electron chi connectivity index (χ1n) is 9.23. The predicted octanol–water partition coefficient (Wildman–Crippen LogP) is 4.44. The first-order valence-corrected chi connectivity index (χ1v) is 10.7. The first kappa shape index (κ1) is 21.1. The van der Waals surface area contributed by atoms with Crippen LogP contribution in [0.3, 0.4) is 0 Å². The minimum absolute atomic E-state index is 0.223. The molecule has 2 heterocycles. The minimum Gasteiger partial charge on any atom is -0.340 e. The van der Waals surface area contributed by atoms with Crippen molar-refractivity contribution in [3.63, 3.8) is 0 Å². The van der Waals surface area contributed by atoms with Crippen LogP contribution in [-0.2, 0) is 10.0 Å². The SMILES string of the molecule is O=S(=O)(Nc1ccc(Nc2cc(Nc3ccccn3)ncn2)cc1)c1cc(F)cc(F)c1. The maximum Gasteiger partial charge on any atom is 0.262 e. The van der Waals surface area contributed by atoms with E-state index in [0.29, 0.717) is 29.2 Å². The molecule has 0 spiro atoms. The molecule has 0 aliphatic heterocycles. The molecule has 0 aliphatic rings. The molecule has 2 aromatic carbocycles. The fourth-order valence-electron chi connectivity index (χ4n) is 2.73. The summed E-state index contributed by atoms with van der Waals surface area (Å²) >= 11 is 0. The molecule has 0 saturated heterocycles. The number of nitrogens with one attached hydrogen (secondary N) is 3. The van der Waals surface area contributed by atoms with E-state index in [-0.39, 0.29) is 5.69 Å². The lowest BCUT2D eigenvalue weighted by molar-refractivity contribution is 0.568. The third kappa shape index (κ3) is 5.32. The number of aromatic nitrogens is 3. The highest BCUT2D eigenvalue weighted by Crippen LogP contribution is 2.22. The molecule has 3 N–H and O–H groups in total. The van der Waals surface area contributed by atoms with Crippen molar-refractivity contribution in [2.75, 3.05) is 15.4 Å².